The number of fused-ring (bicyclic) bond motifs is 2. The number of aromatic nitrogens is 2. The zero-order valence-electron chi connectivity index (χ0n) is 21.3. The number of aromatic amines is 1. The van der Waals surface area contributed by atoms with Gasteiger partial charge in [-0.1, -0.05) is 6.92 Å². The number of hydrogen-bond donors (Lipinski definition) is 5. The van der Waals surface area contributed by atoms with E-state index < -0.39 is 5.82 Å². The third kappa shape index (κ3) is 4.15. The van der Waals surface area contributed by atoms with Crippen molar-refractivity contribution in [3.8, 4) is 5.75 Å². The summed E-state index contributed by atoms with van der Waals surface area (Å²) in [4.78, 5) is 13.6. The number of hydrazine groups is 1. The van der Waals surface area contributed by atoms with Crippen molar-refractivity contribution in [2.75, 3.05) is 26.2 Å². The number of benzene rings is 1. The van der Waals surface area contributed by atoms with Crippen LogP contribution in [0.15, 0.2) is 12.1 Å². The highest BCUT2D eigenvalue weighted by Crippen LogP contribution is 2.44. The molecule has 0 amide bonds. The third-order valence-electron chi connectivity index (χ3n) is 9.37. The second kappa shape index (κ2) is 9.68. The normalized spacial score (nSPS) is 32.8. The average molecular weight is 499 g/mol. The number of phenolic OH excluding ortho intramolecular Hbond substituents is 1. The molecule has 1 aliphatic carbocycles. The lowest BCUT2D eigenvalue weighted by molar-refractivity contribution is -0.0341. The van der Waals surface area contributed by atoms with Gasteiger partial charge >= 0.3 is 0 Å². The number of nitrogens with one attached hydrogen (secondary N) is 3. The number of halogens is 1. The molecule has 1 aromatic heterocycles. The highest BCUT2D eigenvalue weighted by Gasteiger charge is 2.44. The third-order valence-corrected chi connectivity index (χ3v) is 9.37. The number of nitrogens with zero attached hydrogens (tertiary/aromatic N) is 3. The Morgan fingerprint density at radius 2 is 2.08 bits per heavy atom. The van der Waals surface area contributed by atoms with Gasteiger partial charge in [0.05, 0.1) is 24.0 Å². The molecule has 0 spiro atoms. The maximum absolute atomic E-state index is 14.2. The van der Waals surface area contributed by atoms with E-state index in [9.17, 15) is 14.6 Å². The minimum atomic E-state index is -0.521. The second-order valence-corrected chi connectivity index (χ2v) is 11.2. The Kier molecular flexibility index (Phi) is 6.54. The molecule has 196 valence electrons. The number of rotatable bonds is 6. The van der Waals surface area contributed by atoms with Crippen molar-refractivity contribution in [1.82, 2.24) is 30.6 Å². The Morgan fingerprint density at radius 3 is 2.86 bits per heavy atom. The maximum Gasteiger partial charge on any atom is 0.165 e. The van der Waals surface area contributed by atoms with Gasteiger partial charge in [0, 0.05) is 50.7 Å². The fraction of sp³-hybridized carbons (Fsp3) is 0.667. The largest absolute Gasteiger partial charge is 0.505 e. The predicted molar refractivity (Wildman–Crippen MR) is 135 cm³/mol. The predicted octanol–water partition coefficient (Wildman–Crippen LogP) is 2.34. The van der Waals surface area contributed by atoms with Crippen molar-refractivity contribution in [3.63, 3.8) is 0 Å². The highest BCUT2D eigenvalue weighted by molar-refractivity contribution is 5.39. The summed E-state index contributed by atoms with van der Waals surface area (Å²) >= 11 is 0. The molecule has 6 atom stereocenters. The molecule has 9 heteroatoms. The van der Waals surface area contributed by atoms with Crippen LogP contribution in [-0.4, -0.2) is 74.3 Å². The van der Waals surface area contributed by atoms with E-state index in [-0.39, 0.29) is 24.3 Å². The van der Waals surface area contributed by atoms with Crippen LogP contribution >= 0.6 is 0 Å². The van der Waals surface area contributed by atoms with Gasteiger partial charge in [-0.25, -0.2) is 14.8 Å². The molecule has 0 bridgehead atoms. The van der Waals surface area contributed by atoms with Gasteiger partial charge in [0.2, 0.25) is 0 Å². The number of aromatic hydroxyl groups is 1. The topological polar surface area (TPSA) is 99.7 Å². The van der Waals surface area contributed by atoms with E-state index in [1.54, 1.807) is 12.1 Å². The lowest BCUT2D eigenvalue weighted by atomic mass is 9.73. The molecule has 0 radical (unpaired) electrons. The molecule has 1 saturated carbocycles. The van der Waals surface area contributed by atoms with E-state index in [0.717, 1.165) is 75.2 Å². The molecule has 2 saturated heterocycles. The Labute approximate surface area is 212 Å². The van der Waals surface area contributed by atoms with Gasteiger partial charge < -0.3 is 15.2 Å². The minimum absolute atomic E-state index is 0.153. The number of H-pyrrole nitrogens is 1. The Hall–Kier alpha value is -2.04. The zero-order chi connectivity index (χ0) is 25.0. The lowest BCUT2D eigenvalue weighted by Gasteiger charge is -2.52. The summed E-state index contributed by atoms with van der Waals surface area (Å²) < 4.78 is 14.2. The molecular weight excluding hydrogens is 459 g/mol. The van der Waals surface area contributed by atoms with Gasteiger partial charge in [0.15, 0.2) is 11.6 Å². The first-order valence-corrected chi connectivity index (χ1v) is 13.7. The number of hydrogen-bond acceptors (Lipinski definition) is 7. The van der Waals surface area contributed by atoms with E-state index in [2.05, 4.69) is 39.5 Å². The fourth-order valence-electron chi connectivity index (χ4n) is 7.20. The van der Waals surface area contributed by atoms with E-state index >= 15 is 0 Å². The first kappa shape index (κ1) is 24.3. The number of likely N-dealkylation sites (tertiary alicyclic amines) is 1. The van der Waals surface area contributed by atoms with Crippen LogP contribution in [-0.2, 0) is 19.4 Å². The van der Waals surface area contributed by atoms with E-state index in [1.165, 1.54) is 11.4 Å². The molecular formula is C27H39FN6O2. The van der Waals surface area contributed by atoms with Gasteiger partial charge in [0.1, 0.15) is 5.82 Å². The van der Waals surface area contributed by atoms with Crippen LogP contribution in [0.25, 0.3) is 0 Å². The van der Waals surface area contributed by atoms with Gasteiger partial charge in [-0.15, -0.1) is 0 Å². The summed E-state index contributed by atoms with van der Waals surface area (Å²) in [5.74, 6) is 0.994. The summed E-state index contributed by atoms with van der Waals surface area (Å²) in [6.45, 7) is 8.28. The SMILES string of the molecule is CCc1cc(O)c(F)cc1C1CCC2C(C1)NNC2c1nc2c([nH]1)CN(C1CN(CCO)C1C)CC2. The zero-order valence-corrected chi connectivity index (χ0v) is 21.3. The van der Waals surface area contributed by atoms with Crippen LogP contribution in [0.4, 0.5) is 4.39 Å². The van der Waals surface area contributed by atoms with Crippen LogP contribution in [0.1, 0.15) is 73.4 Å². The van der Waals surface area contributed by atoms with Crippen molar-refractivity contribution in [2.24, 2.45) is 5.92 Å². The molecule has 4 aliphatic rings. The van der Waals surface area contributed by atoms with Crippen LogP contribution in [0, 0.1) is 11.7 Å². The number of aryl methyl sites for hydroxylation is 1. The maximum atomic E-state index is 14.2. The number of imidazole rings is 1. The summed E-state index contributed by atoms with van der Waals surface area (Å²) in [5.41, 5.74) is 11.6. The average Bonchev–Trinajstić information content (AvgIpc) is 3.50. The Bertz CT molecular complexity index is 1110. The lowest BCUT2D eigenvalue weighted by Crippen LogP contribution is -2.66. The molecule has 2 aromatic rings. The highest BCUT2D eigenvalue weighted by atomic mass is 19.1. The Morgan fingerprint density at radius 1 is 1.22 bits per heavy atom. The summed E-state index contributed by atoms with van der Waals surface area (Å²) in [5, 5.41) is 19.1. The number of aliphatic hydroxyl groups is 1. The van der Waals surface area contributed by atoms with Gasteiger partial charge in [-0.3, -0.25) is 15.2 Å². The van der Waals surface area contributed by atoms with Crippen molar-refractivity contribution < 1.29 is 14.6 Å². The van der Waals surface area contributed by atoms with Gasteiger partial charge in [0.25, 0.3) is 0 Å². The fourth-order valence-corrected chi connectivity index (χ4v) is 7.20. The molecule has 36 heavy (non-hydrogen) atoms. The molecule has 6 rings (SSSR count). The standard InChI is InChI=1S/C27H39FN6O2/c1-3-16-11-25(36)20(28)12-19(16)17-4-5-18-22(10-17)31-32-26(18)27-29-21-6-7-34(13-23(21)30-27)24-14-33(8-9-35)15(24)2/h11-12,15,17-18,22,24,26,31-32,35-36H,3-10,13-14H2,1-2H3,(H,29,30). The summed E-state index contributed by atoms with van der Waals surface area (Å²) in [6, 6.07) is 4.64. The first-order chi connectivity index (χ1) is 17.5. The van der Waals surface area contributed by atoms with Crippen molar-refractivity contribution in [1.29, 1.82) is 0 Å². The van der Waals surface area contributed by atoms with Crippen molar-refractivity contribution in [2.45, 2.75) is 82.6 Å². The van der Waals surface area contributed by atoms with Crippen LogP contribution in [0.2, 0.25) is 0 Å². The van der Waals surface area contributed by atoms with E-state index in [1.807, 2.05) is 0 Å². The van der Waals surface area contributed by atoms with Crippen LogP contribution < -0.4 is 10.9 Å². The summed E-state index contributed by atoms with van der Waals surface area (Å²) in [6.07, 6.45) is 4.76. The first-order valence-electron chi connectivity index (χ1n) is 13.7. The second-order valence-electron chi connectivity index (χ2n) is 11.2. The number of β-amino-alcohol motifs (C(OH)–C–C–N with tert-alkyl or cyclic N) is 1. The van der Waals surface area contributed by atoms with Gasteiger partial charge in [-0.05, 0) is 67.7 Å². The minimum Gasteiger partial charge on any atom is -0.505 e. The molecule has 6 unspecified atom stereocenters. The molecule has 8 nitrogen and oxygen atoms in total. The molecule has 5 N–H and O–H groups in total. The molecule has 1 aromatic carbocycles. The van der Waals surface area contributed by atoms with Gasteiger partial charge in [-0.2, -0.15) is 0 Å². The molecule has 3 aliphatic heterocycles. The Balaban J connectivity index is 1.12. The van der Waals surface area contributed by atoms with E-state index in [4.69, 9.17) is 4.98 Å². The quantitative estimate of drug-likeness (QED) is 0.417. The van der Waals surface area contributed by atoms with Crippen molar-refractivity contribution >= 4 is 0 Å². The monoisotopic (exact) mass is 498 g/mol. The smallest absolute Gasteiger partial charge is 0.165 e. The summed E-state index contributed by atoms with van der Waals surface area (Å²) in [7, 11) is 0. The van der Waals surface area contributed by atoms with Crippen LogP contribution in [0.3, 0.4) is 0 Å². The van der Waals surface area contributed by atoms with E-state index in [0.29, 0.717) is 24.0 Å². The number of phenols is 1. The number of aliphatic hydroxyl groups excluding tert-OH is 1. The molecule has 4 heterocycles. The van der Waals surface area contributed by atoms with Crippen molar-refractivity contribution in [3.05, 3.63) is 46.3 Å². The molecule has 3 fully saturated rings. The van der Waals surface area contributed by atoms with Crippen LogP contribution in [0.5, 0.6) is 5.75 Å².